The molecule has 0 aliphatic rings. The van der Waals surface area contributed by atoms with Crippen LogP contribution in [-0.4, -0.2) is 55.3 Å². The molecule has 0 radical (unpaired) electrons. The molecule has 0 spiro atoms. The van der Waals surface area contributed by atoms with Gasteiger partial charge in [0.2, 0.25) is 0 Å². The summed E-state index contributed by atoms with van der Waals surface area (Å²) < 4.78 is 5.09. The van der Waals surface area contributed by atoms with Crippen molar-refractivity contribution in [3.8, 4) is 0 Å². The number of aliphatic hydroxyl groups excluding tert-OH is 3. The van der Waals surface area contributed by atoms with Crippen molar-refractivity contribution in [3.05, 3.63) is 0 Å². The van der Waals surface area contributed by atoms with E-state index < -0.39 is 25.4 Å². The molecule has 0 saturated carbocycles. The lowest BCUT2D eigenvalue weighted by molar-refractivity contribution is 0.0698. The molecule has 0 fully saturated rings. The normalized spacial score (nSPS) is 12.8. The predicted molar refractivity (Wildman–Crippen MR) is 76.0 cm³/mol. The highest BCUT2D eigenvalue weighted by Gasteiger charge is 2.20. The summed E-state index contributed by atoms with van der Waals surface area (Å²) in [6.45, 7) is 4.20. The van der Waals surface area contributed by atoms with Gasteiger partial charge in [0, 0.05) is 6.61 Å². The second-order valence-electron chi connectivity index (χ2n) is 4.71. The molecule has 0 heterocycles. The van der Waals surface area contributed by atoms with Gasteiger partial charge in [-0.15, -0.1) is 0 Å². The van der Waals surface area contributed by atoms with Crippen LogP contribution in [0, 0.1) is 5.92 Å². The van der Waals surface area contributed by atoms with Crippen LogP contribution in [0.3, 0.4) is 0 Å². The number of rotatable bonds is 9. The zero-order valence-electron chi connectivity index (χ0n) is 12.1. The second kappa shape index (κ2) is 13.3. The lowest BCUT2D eigenvalue weighted by Gasteiger charge is -2.20. The molecular formula is C12H30BNO4. The molecule has 110 valence electrons. The van der Waals surface area contributed by atoms with Crippen LogP contribution >= 0.6 is 0 Å². The van der Waals surface area contributed by atoms with E-state index in [1.54, 1.807) is 8.05 Å². The molecule has 6 heteroatoms. The summed E-state index contributed by atoms with van der Waals surface area (Å²) in [4.78, 5) is 0. The molecule has 0 rings (SSSR count). The molecule has 18 heavy (non-hydrogen) atoms. The quantitative estimate of drug-likeness (QED) is 0.418. The van der Waals surface area contributed by atoms with Gasteiger partial charge in [0.1, 0.15) is 0 Å². The highest BCUT2D eigenvalue weighted by molar-refractivity contribution is 5.97. The maximum Gasteiger partial charge on any atom is 0.257 e. The summed E-state index contributed by atoms with van der Waals surface area (Å²) in [6.07, 6.45) is 5.25. The van der Waals surface area contributed by atoms with Crippen LogP contribution in [0.5, 0.6) is 0 Å². The van der Waals surface area contributed by atoms with E-state index in [0.717, 1.165) is 12.5 Å². The molecular weight excluding hydrogens is 233 g/mol. The Morgan fingerprint density at radius 2 is 1.67 bits per heavy atom. The van der Waals surface area contributed by atoms with Crippen molar-refractivity contribution in [1.82, 2.24) is 0 Å². The monoisotopic (exact) mass is 263 g/mol. The van der Waals surface area contributed by atoms with Gasteiger partial charge in [0.15, 0.2) is 0 Å². The van der Waals surface area contributed by atoms with E-state index in [2.05, 4.69) is 13.8 Å². The minimum atomic E-state index is -1.21. The first kappa shape index (κ1) is 20.2. The van der Waals surface area contributed by atoms with E-state index >= 15 is 0 Å². The second-order valence-corrected chi connectivity index (χ2v) is 4.71. The Labute approximate surface area is 112 Å². The van der Waals surface area contributed by atoms with E-state index in [-0.39, 0.29) is 0 Å². The van der Waals surface area contributed by atoms with Crippen molar-refractivity contribution in [2.45, 2.75) is 45.1 Å². The van der Waals surface area contributed by atoms with Crippen molar-refractivity contribution in [2.24, 2.45) is 11.7 Å². The molecule has 0 saturated heterocycles. The number of aliphatic hydroxyl groups is 3. The topological polar surface area (TPSA) is 95.9 Å². The van der Waals surface area contributed by atoms with Gasteiger partial charge in [0.25, 0.3) is 8.05 Å². The van der Waals surface area contributed by atoms with Crippen LogP contribution in [-0.2, 0) is 4.65 Å². The Hall–Kier alpha value is -0.135. The molecule has 0 aliphatic heterocycles. The largest absolute Gasteiger partial charge is 0.444 e. The van der Waals surface area contributed by atoms with Gasteiger partial charge in [-0.1, -0.05) is 33.1 Å². The predicted octanol–water partition coefficient (Wildman–Crippen LogP) is -0.572. The summed E-state index contributed by atoms with van der Waals surface area (Å²) in [7, 11) is 1.79. The maximum absolute atomic E-state index is 8.34. The average molecular weight is 263 g/mol. The van der Waals surface area contributed by atoms with E-state index in [9.17, 15) is 0 Å². The Morgan fingerprint density at radius 1 is 1.17 bits per heavy atom. The van der Waals surface area contributed by atoms with Crippen LogP contribution in [0.2, 0.25) is 0 Å². The van der Waals surface area contributed by atoms with Crippen LogP contribution < -0.4 is 5.73 Å². The lowest BCUT2D eigenvalue weighted by atomic mass is 10.0. The number of unbranched alkanes of at least 4 members (excludes halogenated alkanes) is 1. The van der Waals surface area contributed by atoms with Crippen LogP contribution in [0.15, 0.2) is 0 Å². The average Bonchev–Trinajstić information content (AvgIpc) is 2.43. The van der Waals surface area contributed by atoms with Crippen molar-refractivity contribution in [3.63, 3.8) is 0 Å². The number of hydrogen-bond acceptors (Lipinski definition) is 5. The summed E-state index contributed by atoms with van der Waals surface area (Å²) in [5.74, 6) is 0.796. The fourth-order valence-corrected chi connectivity index (χ4v) is 1.28. The zero-order chi connectivity index (χ0) is 14.4. The molecule has 5 N–H and O–H groups in total. The van der Waals surface area contributed by atoms with Crippen LogP contribution in [0.4, 0.5) is 0 Å². The van der Waals surface area contributed by atoms with Crippen molar-refractivity contribution in [2.75, 3.05) is 26.4 Å². The number of hydrogen-bond donors (Lipinski definition) is 4. The van der Waals surface area contributed by atoms with Crippen molar-refractivity contribution in [1.29, 1.82) is 0 Å². The summed E-state index contributed by atoms with van der Waals surface area (Å²) >= 11 is 0. The Morgan fingerprint density at radius 3 is 1.89 bits per heavy atom. The summed E-state index contributed by atoms with van der Waals surface area (Å²) in [5, 5.41) is 25.0. The first-order valence-corrected chi connectivity index (χ1v) is 6.63. The van der Waals surface area contributed by atoms with E-state index in [0.29, 0.717) is 0 Å². The maximum atomic E-state index is 8.34. The van der Waals surface area contributed by atoms with Gasteiger partial charge < -0.3 is 25.7 Å². The van der Waals surface area contributed by atoms with E-state index in [1.165, 1.54) is 25.7 Å². The molecule has 0 amide bonds. The first-order chi connectivity index (χ1) is 8.53. The van der Waals surface area contributed by atoms with Crippen molar-refractivity contribution >= 4 is 8.05 Å². The third-order valence-electron chi connectivity index (χ3n) is 2.89. The van der Waals surface area contributed by atoms with E-state index in [1.807, 2.05) is 0 Å². The third-order valence-corrected chi connectivity index (χ3v) is 2.89. The molecule has 1 atom stereocenters. The molecule has 0 aromatic heterocycles. The lowest BCUT2D eigenvalue weighted by Crippen LogP contribution is -2.50. The van der Waals surface area contributed by atoms with Gasteiger partial charge in [0.05, 0.1) is 25.4 Å². The first-order valence-electron chi connectivity index (χ1n) is 6.63. The van der Waals surface area contributed by atoms with Crippen LogP contribution in [0.1, 0.15) is 39.5 Å². The Balaban J connectivity index is 0. The van der Waals surface area contributed by atoms with Gasteiger partial charge in [-0.2, -0.15) is 0 Å². The minimum absolute atomic E-state index is 0.403. The molecule has 0 aromatic rings. The van der Waals surface area contributed by atoms with Crippen LogP contribution in [0.25, 0.3) is 0 Å². The molecule has 1 unspecified atom stereocenters. The van der Waals surface area contributed by atoms with Gasteiger partial charge in [-0.25, -0.2) is 0 Å². The van der Waals surface area contributed by atoms with Gasteiger partial charge >= 0.3 is 0 Å². The smallest absolute Gasteiger partial charge is 0.257 e. The van der Waals surface area contributed by atoms with Crippen molar-refractivity contribution < 1.29 is 20.0 Å². The molecule has 0 aliphatic carbocycles. The molecule has 0 bridgehead atoms. The Kier molecular flexibility index (Phi) is 14.9. The molecule has 5 nitrogen and oxygen atoms in total. The Bertz CT molecular complexity index is 160. The number of nitrogens with two attached hydrogens (primary N) is 1. The highest BCUT2D eigenvalue weighted by atomic mass is 16.4. The van der Waals surface area contributed by atoms with E-state index in [4.69, 9.17) is 25.7 Å². The zero-order valence-corrected chi connectivity index (χ0v) is 12.1. The third kappa shape index (κ3) is 11.0. The fourth-order valence-electron chi connectivity index (χ4n) is 1.28. The highest BCUT2D eigenvalue weighted by Crippen LogP contribution is 2.11. The summed E-state index contributed by atoms with van der Waals surface area (Å²) in [5.41, 5.74) is 3.94. The van der Waals surface area contributed by atoms with Gasteiger partial charge in [-0.05, 0) is 12.3 Å². The fraction of sp³-hybridized carbons (Fsp3) is 1.00. The molecule has 0 aromatic carbocycles. The SMILES string of the molecule is BOCC(CC)CCCC.NC(CO)(CO)CO. The standard InChI is InChI=1S/C8H19BO.C4H11NO3/c1-3-5-6-8(4-2)7-10-9;5-4(1-6,2-7)3-8/h8H,3-7,9H2,1-2H3;6-8H,1-3,5H2. The minimum Gasteiger partial charge on any atom is -0.444 e. The van der Waals surface area contributed by atoms with Gasteiger partial charge in [-0.3, -0.25) is 0 Å². The summed E-state index contributed by atoms with van der Waals surface area (Å²) in [6, 6.07) is 0.